The van der Waals surface area contributed by atoms with Crippen LogP contribution in [0.2, 0.25) is 0 Å². The van der Waals surface area contributed by atoms with Crippen molar-refractivity contribution in [2.45, 2.75) is 32.6 Å². The number of carboxylic acids is 1. The van der Waals surface area contributed by atoms with Crippen molar-refractivity contribution in [2.75, 3.05) is 0 Å². The molecule has 0 unspecified atom stereocenters. The van der Waals surface area contributed by atoms with Crippen LogP contribution in [0.1, 0.15) is 42.1 Å². The molecule has 1 N–H and O–H groups in total. The molecule has 0 saturated heterocycles. The van der Waals surface area contributed by atoms with Crippen LogP contribution in [0.25, 0.3) is 0 Å². The van der Waals surface area contributed by atoms with Crippen molar-refractivity contribution in [1.29, 1.82) is 0 Å². The van der Waals surface area contributed by atoms with Gasteiger partial charge in [-0.25, -0.2) is 9.18 Å². The van der Waals surface area contributed by atoms with Crippen LogP contribution in [0.15, 0.2) is 18.2 Å². The van der Waals surface area contributed by atoms with Gasteiger partial charge in [0.2, 0.25) is 0 Å². The number of aromatic carboxylic acids is 1. The minimum absolute atomic E-state index is 0.255. The fraction of sp³-hybridized carbons (Fsp3) is 0.417. The van der Waals surface area contributed by atoms with E-state index in [1.54, 1.807) is 6.07 Å². The maximum atomic E-state index is 13.2. The SMILES string of the molecule is CCCCCc1ccc(C(=O)O)c(F)c1. The predicted molar refractivity (Wildman–Crippen MR) is 56.6 cm³/mol. The molecule has 15 heavy (non-hydrogen) atoms. The van der Waals surface area contributed by atoms with Crippen molar-refractivity contribution in [1.82, 2.24) is 0 Å². The summed E-state index contributed by atoms with van der Waals surface area (Å²) < 4.78 is 13.2. The molecular formula is C12H15FO2. The van der Waals surface area contributed by atoms with Crippen LogP contribution in [0, 0.1) is 5.82 Å². The zero-order valence-electron chi connectivity index (χ0n) is 8.79. The van der Waals surface area contributed by atoms with Crippen molar-refractivity contribution >= 4 is 5.97 Å². The van der Waals surface area contributed by atoms with Gasteiger partial charge in [0.15, 0.2) is 0 Å². The van der Waals surface area contributed by atoms with E-state index in [1.165, 1.54) is 12.1 Å². The highest BCUT2D eigenvalue weighted by Crippen LogP contribution is 2.13. The van der Waals surface area contributed by atoms with E-state index in [2.05, 4.69) is 6.92 Å². The Morgan fingerprint density at radius 2 is 2.13 bits per heavy atom. The summed E-state index contributed by atoms with van der Waals surface area (Å²) in [6.45, 7) is 2.11. The summed E-state index contributed by atoms with van der Waals surface area (Å²) in [5.74, 6) is -1.86. The number of carbonyl (C=O) groups is 1. The Balaban J connectivity index is 2.69. The highest BCUT2D eigenvalue weighted by Gasteiger charge is 2.09. The number of aryl methyl sites for hydroxylation is 1. The first-order valence-electron chi connectivity index (χ1n) is 5.17. The zero-order valence-corrected chi connectivity index (χ0v) is 8.79. The highest BCUT2D eigenvalue weighted by molar-refractivity contribution is 5.87. The Bertz CT molecular complexity index is 347. The zero-order chi connectivity index (χ0) is 11.3. The number of carboxylic acid groups (broad SMARTS) is 1. The topological polar surface area (TPSA) is 37.3 Å². The van der Waals surface area contributed by atoms with Crippen LogP contribution in [0.3, 0.4) is 0 Å². The van der Waals surface area contributed by atoms with Gasteiger partial charge < -0.3 is 5.11 Å². The van der Waals surface area contributed by atoms with E-state index in [9.17, 15) is 9.18 Å². The van der Waals surface area contributed by atoms with Crippen molar-refractivity contribution in [3.05, 3.63) is 35.1 Å². The van der Waals surface area contributed by atoms with Crippen LogP contribution in [0.4, 0.5) is 4.39 Å². The van der Waals surface area contributed by atoms with E-state index >= 15 is 0 Å². The van der Waals surface area contributed by atoms with Crippen LogP contribution < -0.4 is 0 Å². The first-order valence-corrected chi connectivity index (χ1v) is 5.17. The van der Waals surface area contributed by atoms with E-state index in [1.807, 2.05) is 0 Å². The second kappa shape index (κ2) is 5.49. The molecule has 0 bridgehead atoms. The van der Waals surface area contributed by atoms with Crippen LogP contribution in [-0.4, -0.2) is 11.1 Å². The lowest BCUT2D eigenvalue weighted by Gasteiger charge is -2.02. The molecule has 82 valence electrons. The van der Waals surface area contributed by atoms with Gasteiger partial charge in [-0.2, -0.15) is 0 Å². The molecule has 0 atom stereocenters. The summed E-state index contributed by atoms with van der Waals surface area (Å²) in [7, 11) is 0. The Morgan fingerprint density at radius 3 is 2.67 bits per heavy atom. The summed E-state index contributed by atoms with van der Waals surface area (Å²) >= 11 is 0. The summed E-state index contributed by atoms with van der Waals surface area (Å²) in [6, 6.07) is 4.33. The molecule has 0 heterocycles. The standard InChI is InChI=1S/C12H15FO2/c1-2-3-4-5-9-6-7-10(12(14)15)11(13)8-9/h6-8H,2-5H2,1H3,(H,14,15). The molecule has 2 nitrogen and oxygen atoms in total. The maximum Gasteiger partial charge on any atom is 0.338 e. The van der Waals surface area contributed by atoms with Gasteiger partial charge in [0.25, 0.3) is 0 Å². The molecular weight excluding hydrogens is 195 g/mol. The molecule has 0 spiro atoms. The summed E-state index contributed by atoms with van der Waals surface area (Å²) in [5.41, 5.74) is 0.611. The third kappa shape index (κ3) is 3.35. The molecule has 0 radical (unpaired) electrons. The van der Waals surface area contributed by atoms with E-state index in [4.69, 9.17) is 5.11 Å². The number of halogens is 1. The lowest BCUT2D eigenvalue weighted by atomic mass is 10.0. The molecule has 0 aliphatic heterocycles. The number of benzene rings is 1. The lowest BCUT2D eigenvalue weighted by Crippen LogP contribution is -2.01. The first-order chi connectivity index (χ1) is 7.15. The molecule has 0 aliphatic rings. The average molecular weight is 210 g/mol. The van der Waals surface area contributed by atoms with Gasteiger partial charge >= 0.3 is 5.97 Å². The average Bonchev–Trinajstić information content (AvgIpc) is 2.17. The summed E-state index contributed by atoms with van der Waals surface area (Å²) in [6.07, 6.45) is 4.06. The Hall–Kier alpha value is -1.38. The number of unbranched alkanes of at least 4 members (excludes halogenated alkanes) is 2. The number of rotatable bonds is 5. The van der Waals surface area contributed by atoms with Gasteiger partial charge in [-0.15, -0.1) is 0 Å². The minimum Gasteiger partial charge on any atom is -0.478 e. The third-order valence-corrected chi connectivity index (χ3v) is 2.33. The van der Waals surface area contributed by atoms with E-state index in [0.717, 1.165) is 31.2 Å². The molecule has 1 rings (SSSR count). The predicted octanol–water partition coefficient (Wildman–Crippen LogP) is 3.26. The smallest absolute Gasteiger partial charge is 0.338 e. The highest BCUT2D eigenvalue weighted by atomic mass is 19.1. The molecule has 0 amide bonds. The molecule has 0 aromatic heterocycles. The molecule has 0 fully saturated rings. The van der Waals surface area contributed by atoms with Crippen molar-refractivity contribution in [2.24, 2.45) is 0 Å². The Labute approximate surface area is 88.7 Å². The van der Waals surface area contributed by atoms with Gasteiger partial charge in [0.1, 0.15) is 5.82 Å². The van der Waals surface area contributed by atoms with Crippen molar-refractivity contribution in [3.8, 4) is 0 Å². The van der Waals surface area contributed by atoms with Gasteiger partial charge in [-0.1, -0.05) is 25.8 Å². The molecule has 1 aromatic rings. The van der Waals surface area contributed by atoms with E-state index < -0.39 is 11.8 Å². The maximum absolute atomic E-state index is 13.2. The van der Waals surface area contributed by atoms with E-state index in [0.29, 0.717) is 0 Å². The second-order valence-electron chi connectivity index (χ2n) is 3.58. The Morgan fingerprint density at radius 1 is 1.40 bits per heavy atom. The van der Waals surface area contributed by atoms with Crippen LogP contribution in [-0.2, 0) is 6.42 Å². The van der Waals surface area contributed by atoms with Gasteiger partial charge in [0.05, 0.1) is 5.56 Å². The second-order valence-corrected chi connectivity index (χ2v) is 3.58. The largest absolute Gasteiger partial charge is 0.478 e. The van der Waals surface area contributed by atoms with Crippen LogP contribution in [0.5, 0.6) is 0 Å². The fourth-order valence-corrected chi connectivity index (χ4v) is 1.47. The molecule has 0 saturated carbocycles. The lowest BCUT2D eigenvalue weighted by molar-refractivity contribution is 0.0692. The normalized spacial score (nSPS) is 10.3. The molecule has 3 heteroatoms. The van der Waals surface area contributed by atoms with Gasteiger partial charge in [0, 0.05) is 0 Å². The van der Waals surface area contributed by atoms with E-state index in [-0.39, 0.29) is 5.56 Å². The van der Waals surface area contributed by atoms with Gasteiger partial charge in [-0.05, 0) is 30.5 Å². The number of hydrogen-bond donors (Lipinski definition) is 1. The van der Waals surface area contributed by atoms with Crippen molar-refractivity contribution < 1.29 is 14.3 Å². The molecule has 1 aromatic carbocycles. The Kier molecular flexibility index (Phi) is 4.28. The minimum atomic E-state index is -1.22. The van der Waals surface area contributed by atoms with Crippen molar-refractivity contribution in [3.63, 3.8) is 0 Å². The first kappa shape index (κ1) is 11.7. The summed E-state index contributed by atoms with van der Waals surface area (Å²) in [4.78, 5) is 10.6. The quantitative estimate of drug-likeness (QED) is 0.757. The summed E-state index contributed by atoms with van der Waals surface area (Å²) in [5, 5.41) is 8.63. The van der Waals surface area contributed by atoms with Gasteiger partial charge in [-0.3, -0.25) is 0 Å². The third-order valence-electron chi connectivity index (χ3n) is 2.33. The molecule has 0 aliphatic carbocycles. The fourth-order valence-electron chi connectivity index (χ4n) is 1.47. The van der Waals surface area contributed by atoms with Crippen LogP contribution >= 0.6 is 0 Å². The monoisotopic (exact) mass is 210 g/mol. The number of hydrogen-bond acceptors (Lipinski definition) is 1.